The van der Waals surface area contributed by atoms with Crippen molar-refractivity contribution >= 4 is 17.3 Å². The van der Waals surface area contributed by atoms with Crippen LogP contribution in [0.1, 0.15) is 13.3 Å². The Labute approximate surface area is 93.0 Å². The van der Waals surface area contributed by atoms with E-state index in [9.17, 15) is 0 Å². The molecule has 2 aliphatic rings. The SMILES string of the molecule is CC1CC2NC(C#N)=C(C#N)N2C(=S)N1. The molecule has 0 aliphatic carbocycles. The van der Waals surface area contributed by atoms with Crippen molar-refractivity contribution in [3.05, 3.63) is 11.4 Å². The molecule has 5 nitrogen and oxygen atoms in total. The minimum Gasteiger partial charge on any atom is -0.360 e. The summed E-state index contributed by atoms with van der Waals surface area (Å²) in [5.74, 6) is 0. The quantitative estimate of drug-likeness (QED) is 0.565. The molecule has 0 aromatic carbocycles. The van der Waals surface area contributed by atoms with E-state index in [0.29, 0.717) is 16.5 Å². The maximum atomic E-state index is 8.96. The van der Waals surface area contributed by atoms with Gasteiger partial charge in [0.2, 0.25) is 0 Å². The van der Waals surface area contributed by atoms with Crippen LogP contribution in [-0.2, 0) is 0 Å². The molecule has 2 unspecified atom stereocenters. The first kappa shape index (κ1) is 9.75. The lowest BCUT2D eigenvalue weighted by Gasteiger charge is -2.36. The average Bonchev–Trinajstić information content (AvgIpc) is 2.55. The van der Waals surface area contributed by atoms with E-state index in [1.807, 2.05) is 19.1 Å². The molecular weight excluding hydrogens is 210 g/mol. The summed E-state index contributed by atoms with van der Waals surface area (Å²) in [6, 6.07) is 4.23. The van der Waals surface area contributed by atoms with Gasteiger partial charge in [-0.3, -0.25) is 4.90 Å². The largest absolute Gasteiger partial charge is 0.360 e. The molecule has 2 N–H and O–H groups in total. The number of hydrogen-bond acceptors (Lipinski definition) is 4. The van der Waals surface area contributed by atoms with Crippen LogP contribution < -0.4 is 10.6 Å². The lowest BCUT2D eigenvalue weighted by Crippen LogP contribution is -2.56. The molecule has 2 aliphatic heterocycles. The zero-order valence-electron chi connectivity index (χ0n) is 8.11. The number of rotatable bonds is 0. The van der Waals surface area contributed by atoms with Gasteiger partial charge in [0, 0.05) is 12.5 Å². The van der Waals surface area contributed by atoms with Gasteiger partial charge in [-0.1, -0.05) is 0 Å². The van der Waals surface area contributed by atoms with Crippen molar-refractivity contribution in [1.29, 1.82) is 10.5 Å². The minimum absolute atomic E-state index is 0.0574. The Kier molecular flexibility index (Phi) is 2.22. The van der Waals surface area contributed by atoms with E-state index in [-0.39, 0.29) is 12.2 Å². The van der Waals surface area contributed by atoms with Crippen molar-refractivity contribution in [3.8, 4) is 12.1 Å². The molecule has 0 saturated carbocycles. The molecule has 2 heterocycles. The Balaban J connectivity index is 2.36. The van der Waals surface area contributed by atoms with Crippen molar-refractivity contribution in [2.24, 2.45) is 0 Å². The summed E-state index contributed by atoms with van der Waals surface area (Å²) >= 11 is 5.14. The van der Waals surface area contributed by atoms with Crippen molar-refractivity contribution in [3.63, 3.8) is 0 Å². The molecular formula is C9H9N5S. The van der Waals surface area contributed by atoms with E-state index < -0.39 is 0 Å². The van der Waals surface area contributed by atoms with Gasteiger partial charge in [-0.25, -0.2) is 0 Å². The first-order chi connectivity index (χ1) is 7.17. The highest BCUT2D eigenvalue weighted by Crippen LogP contribution is 2.25. The average molecular weight is 219 g/mol. The van der Waals surface area contributed by atoms with Gasteiger partial charge in [0.05, 0.1) is 0 Å². The molecule has 1 saturated heterocycles. The van der Waals surface area contributed by atoms with Gasteiger partial charge < -0.3 is 10.6 Å². The van der Waals surface area contributed by atoms with Crippen LogP contribution in [0.2, 0.25) is 0 Å². The van der Waals surface area contributed by atoms with Crippen molar-refractivity contribution in [2.75, 3.05) is 0 Å². The number of thiocarbonyl (C=S) groups is 1. The van der Waals surface area contributed by atoms with E-state index in [0.717, 1.165) is 6.42 Å². The van der Waals surface area contributed by atoms with Crippen LogP contribution in [0.15, 0.2) is 11.4 Å². The fraction of sp³-hybridized carbons (Fsp3) is 0.444. The van der Waals surface area contributed by atoms with Gasteiger partial charge in [0.25, 0.3) is 0 Å². The van der Waals surface area contributed by atoms with Gasteiger partial charge in [0.1, 0.15) is 24.0 Å². The van der Waals surface area contributed by atoms with Crippen LogP contribution in [0.25, 0.3) is 0 Å². The monoisotopic (exact) mass is 219 g/mol. The van der Waals surface area contributed by atoms with E-state index in [4.69, 9.17) is 22.7 Å². The van der Waals surface area contributed by atoms with Crippen molar-refractivity contribution < 1.29 is 0 Å². The Bertz CT molecular complexity index is 427. The molecule has 0 bridgehead atoms. The molecule has 76 valence electrons. The highest BCUT2D eigenvalue weighted by atomic mass is 32.1. The molecule has 0 aromatic heterocycles. The van der Waals surface area contributed by atoms with Gasteiger partial charge >= 0.3 is 0 Å². The number of nitrogens with zero attached hydrogens (tertiary/aromatic N) is 3. The topological polar surface area (TPSA) is 74.9 Å². The first-order valence-corrected chi connectivity index (χ1v) is 4.99. The molecule has 0 aromatic rings. The maximum absolute atomic E-state index is 8.96. The van der Waals surface area contributed by atoms with Crippen molar-refractivity contribution in [2.45, 2.75) is 25.6 Å². The lowest BCUT2D eigenvalue weighted by atomic mass is 10.1. The molecule has 0 spiro atoms. The van der Waals surface area contributed by atoms with Gasteiger partial charge in [-0.15, -0.1) is 0 Å². The Morgan fingerprint density at radius 1 is 1.40 bits per heavy atom. The molecule has 2 atom stereocenters. The van der Waals surface area contributed by atoms with Gasteiger partial charge in [0.15, 0.2) is 10.8 Å². The van der Waals surface area contributed by atoms with E-state index in [2.05, 4.69) is 10.6 Å². The lowest BCUT2D eigenvalue weighted by molar-refractivity contribution is 0.296. The number of nitrogens with one attached hydrogen (secondary N) is 2. The Hall–Kier alpha value is -1.79. The standard InChI is InChI=1S/C9H9N5S/c1-5-2-8-13-6(3-10)7(4-11)14(8)9(15)12-5/h5,8,13H,2H2,1H3,(H,12,15). The molecule has 0 radical (unpaired) electrons. The number of allylic oxidation sites excluding steroid dienone is 2. The Morgan fingerprint density at radius 2 is 2.13 bits per heavy atom. The third-order valence-electron chi connectivity index (χ3n) is 2.48. The second kappa shape index (κ2) is 3.41. The number of hydrogen-bond donors (Lipinski definition) is 2. The number of fused-ring (bicyclic) bond motifs is 1. The normalized spacial score (nSPS) is 28.7. The fourth-order valence-electron chi connectivity index (χ4n) is 1.85. The third-order valence-corrected chi connectivity index (χ3v) is 2.80. The highest BCUT2D eigenvalue weighted by Gasteiger charge is 2.38. The van der Waals surface area contributed by atoms with E-state index in [1.54, 1.807) is 4.90 Å². The molecule has 15 heavy (non-hydrogen) atoms. The highest BCUT2D eigenvalue weighted by molar-refractivity contribution is 7.80. The summed E-state index contributed by atoms with van der Waals surface area (Å²) < 4.78 is 0. The predicted molar refractivity (Wildman–Crippen MR) is 56.8 cm³/mol. The van der Waals surface area contributed by atoms with Crippen LogP contribution >= 0.6 is 12.2 Å². The first-order valence-electron chi connectivity index (χ1n) is 4.58. The van der Waals surface area contributed by atoms with E-state index >= 15 is 0 Å². The smallest absolute Gasteiger partial charge is 0.176 e. The molecule has 0 amide bonds. The zero-order valence-corrected chi connectivity index (χ0v) is 8.93. The summed E-state index contributed by atoms with van der Waals surface area (Å²) in [7, 11) is 0. The number of nitriles is 2. The van der Waals surface area contributed by atoms with Crippen LogP contribution in [0.3, 0.4) is 0 Å². The van der Waals surface area contributed by atoms with E-state index in [1.165, 1.54) is 0 Å². The molecule has 2 rings (SSSR count). The summed E-state index contributed by atoms with van der Waals surface area (Å²) in [6.07, 6.45) is 0.745. The summed E-state index contributed by atoms with van der Waals surface area (Å²) in [5, 5.41) is 24.4. The Morgan fingerprint density at radius 3 is 2.73 bits per heavy atom. The van der Waals surface area contributed by atoms with Gasteiger partial charge in [-0.2, -0.15) is 10.5 Å². The second-order valence-electron chi connectivity index (χ2n) is 3.56. The summed E-state index contributed by atoms with van der Waals surface area (Å²) in [5.41, 5.74) is 0.618. The molecule has 1 fully saturated rings. The fourth-order valence-corrected chi connectivity index (χ4v) is 2.27. The van der Waals surface area contributed by atoms with Gasteiger partial charge in [-0.05, 0) is 19.1 Å². The van der Waals surface area contributed by atoms with Crippen molar-refractivity contribution in [1.82, 2.24) is 15.5 Å². The predicted octanol–water partition coefficient (Wildman–Crippen LogP) is 0.143. The zero-order chi connectivity index (χ0) is 11.0. The van der Waals surface area contributed by atoms with Crippen LogP contribution in [0, 0.1) is 22.7 Å². The van der Waals surface area contributed by atoms with Crippen LogP contribution in [-0.4, -0.2) is 22.2 Å². The summed E-state index contributed by atoms with van der Waals surface area (Å²) in [4.78, 5) is 1.67. The van der Waals surface area contributed by atoms with Crippen LogP contribution in [0.5, 0.6) is 0 Å². The minimum atomic E-state index is -0.0574. The third kappa shape index (κ3) is 1.39. The summed E-state index contributed by atoms with van der Waals surface area (Å²) in [6.45, 7) is 2.02. The maximum Gasteiger partial charge on any atom is 0.176 e. The molecule has 6 heteroatoms. The van der Waals surface area contributed by atoms with Crippen LogP contribution in [0.4, 0.5) is 0 Å². The second-order valence-corrected chi connectivity index (χ2v) is 3.95.